The maximum absolute atomic E-state index is 12.8. The van der Waals surface area contributed by atoms with E-state index in [0.29, 0.717) is 6.29 Å². The highest BCUT2D eigenvalue weighted by Gasteiger charge is 2.33. The van der Waals surface area contributed by atoms with E-state index in [1.165, 1.54) is 24.3 Å². The largest absolute Gasteiger partial charge is 0.457 e. The van der Waals surface area contributed by atoms with Crippen molar-refractivity contribution >= 4 is 17.9 Å². The molecule has 0 unspecified atom stereocenters. The molecule has 2 aromatic carbocycles. The first-order chi connectivity index (χ1) is 10.3. The average Bonchev–Trinajstić information content (AvgIpc) is 2.48. The van der Waals surface area contributed by atoms with Gasteiger partial charge in [-0.05, 0) is 42.0 Å². The van der Waals surface area contributed by atoms with Gasteiger partial charge in [-0.1, -0.05) is 11.6 Å². The average molecular weight is 333 g/mol. The van der Waals surface area contributed by atoms with Gasteiger partial charge in [0.15, 0.2) is 0 Å². The number of alkyl halides is 4. The summed E-state index contributed by atoms with van der Waals surface area (Å²) in [6.45, 7) is -0.889. The monoisotopic (exact) mass is 332 g/mol. The molecule has 0 amide bonds. The van der Waals surface area contributed by atoms with Crippen molar-refractivity contribution in [1.82, 2.24) is 0 Å². The van der Waals surface area contributed by atoms with Gasteiger partial charge in [0.1, 0.15) is 24.5 Å². The predicted octanol–water partition coefficient (Wildman–Crippen LogP) is 5.43. The van der Waals surface area contributed by atoms with Crippen molar-refractivity contribution in [3.63, 3.8) is 0 Å². The van der Waals surface area contributed by atoms with E-state index >= 15 is 0 Å². The third-order valence-corrected chi connectivity index (χ3v) is 3.19. The van der Waals surface area contributed by atoms with Crippen molar-refractivity contribution in [1.29, 1.82) is 0 Å². The lowest BCUT2D eigenvalue weighted by Crippen LogP contribution is -2.06. The van der Waals surface area contributed by atoms with Crippen LogP contribution in [0.1, 0.15) is 21.5 Å². The van der Waals surface area contributed by atoms with E-state index in [1.807, 2.05) is 0 Å². The molecule has 7 heteroatoms. The van der Waals surface area contributed by atoms with Gasteiger partial charge in [0.05, 0.1) is 10.6 Å². The van der Waals surface area contributed by atoms with Crippen LogP contribution in [0.25, 0.3) is 0 Å². The van der Waals surface area contributed by atoms with Gasteiger partial charge in [0.2, 0.25) is 0 Å². The van der Waals surface area contributed by atoms with Gasteiger partial charge in [0.25, 0.3) is 0 Å². The van der Waals surface area contributed by atoms with Crippen LogP contribution in [0.5, 0.6) is 11.5 Å². The second kappa shape index (κ2) is 6.36. The molecule has 0 atom stereocenters. The summed E-state index contributed by atoms with van der Waals surface area (Å²) >= 11 is 5.51. The normalized spacial score (nSPS) is 11.3. The summed E-state index contributed by atoms with van der Waals surface area (Å²) in [7, 11) is 0. The van der Waals surface area contributed by atoms with Crippen molar-refractivity contribution in [3.05, 3.63) is 58.1 Å². The Hall–Kier alpha value is -2.08. The van der Waals surface area contributed by atoms with Gasteiger partial charge in [-0.25, -0.2) is 4.39 Å². The molecular formula is C15H9ClF4O2. The molecule has 0 spiro atoms. The molecule has 0 N–H and O–H groups in total. The Kier molecular flexibility index (Phi) is 4.71. The molecule has 2 nitrogen and oxygen atoms in total. The Morgan fingerprint density at radius 3 is 2.32 bits per heavy atom. The maximum Gasteiger partial charge on any atom is 0.417 e. The molecule has 0 saturated carbocycles. The minimum atomic E-state index is -4.61. The second-order valence-electron chi connectivity index (χ2n) is 4.35. The molecule has 2 rings (SSSR count). The number of carbonyl (C=O) groups excluding carboxylic acids is 1. The number of halogens is 5. The second-order valence-corrected chi connectivity index (χ2v) is 4.76. The Balaban J connectivity index is 2.33. The Morgan fingerprint density at radius 2 is 1.73 bits per heavy atom. The molecule has 0 aromatic heterocycles. The highest BCUT2D eigenvalue weighted by molar-refractivity contribution is 6.31. The van der Waals surface area contributed by atoms with Gasteiger partial charge < -0.3 is 4.74 Å². The maximum atomic E-state index is 12.8. The lowest BCUT2D eigenvalue weighted by molar-refractivity contribution is -0.137. The molecule has 2 aromatic rings. The minimum Gasteiger partial charge on any atom is -0.457 e. The number of benzene rings is 2. The Labute approximate surface area is 128 Å². The van der Waals surface area contributed by atoms with E-state index < -0.39 is 23.4 Å². The first-order valence-corrected chi connectivity index (χ1v) is 6.41. The fourth-order valence-electron chi connectivity index (χ4n) is 1.80. The standard InChI is InChI=1S/C15H9ClF4O2/c16-14-4-3-12(6-13(14)15(18,19)20)22-11-2-1-9(8-21)10(5-11)7-17/h1-6,8H,7H2. The SMILES string of the molecule is O=Cc1ccc(Oc2ccc(Cl)c(C(F)(F)F)c2)cc1CF. The van der Waals surface area contributed by atoms with Crippen molar-refractivity contribution in [2.24, 2.45) is 0 Å². The molecule has 0 aliphatic heterocycles. The number of ether oxygens (including phenoxy) is 1. The topological polar surface area (TPSA) is 26.3 Å². The molecule has 0 bridgehead atoms. The van der Waals surface area contributed by atoms with Gasteiger partial charge in [-0.2, -0.15) is 13.2 Å². The molecule has 116 valence electrons. The summed E-state index contributed by atoms with van der Waals surface area (Å²) < 4.78 is 56.3. The van der Waals surface area contributed by atoms with E-state index in [1.54, 1.807) is 0 Å². The van der Waals surface area contributed by atoms with Crippen LogP contribution in [0.4, 0.5) is 17.6 Å². The zero-order chi connectivity index (χ0) is 16.3. The molecule has 0 aliphatic rings. The summed E-state index contributed by atoms with van der Waals surface area (Å²) in [4.78, 5) is 10.7. The van der Waals surface area contributed by atoms with E-state index in [2.05, 4.69) is 0 Å². The molecule has 0 heterocycles. The van der Waals surface area contributed by atoms with E-state index in [-0.39, 0.29) is 22.6 Å². The summed E-state index contributed by atoms with van der Waals surface area (Å²) in [5, 5.41) is -0.444. The fraction of sp³-hybridized carbons (Fsp3) is 0.133. The van der Waals surface area contributed by atoms with Crippen molar-refractivity contribution in [2.75, 3.05) is 0 Å². The first-order valence-electron chi connectivity index (χ1n) is 6.04. The zero-order valence-electron chi connectivity index (χ0n) is 11.0. The number of carbonyl (C=O) groups is 1. The van der Waals surface area contributed by atoms with Gasteiger partial charge in [-0.15, -0.1) is 0 Å². The van der Waals surface area contributed by atoms with E-state index in [4.69, 9.17) is 16.3 Å². The van der Waals surface area contributed by atoms with Crippen LogP contribution < -0.4 is 4.74 Å². The Morgan fingerprint density at radius 1 is 1.09 bits per heavy atom. The lowest BCUT2D eigenvalue weighted by Gasteiger charge is -2.12. The van der Waals surface area contributed by atoms with Crippen LogP contribution in [0.3, 0.4) is 0 Å². The van der Waals surface area contributed by atoms with Crippen LogP contribution in [-0.2, 0) is 12.9 Å². The number of hydrogen-bond acceptors (Lipinski definition) is 2. The minimum absolute atomic E-state index is 0.0949. The van der Waals surface area contributed by atoms with Crippen molar-refractivity contribution < 1.29 is 27.1 Å². The fourth-order valence-corrected chi connectivity index (χ4v) is 2.02. The summed E-state index contributed by atoms with van der Waals surface area (Å²) in [5.41, 5.74) is -0.777. The molecule has 0 aliphatic carbocycles. The van der Waals surface area contributed by atoms with Gasteiger partial charge >= 0.3 is 6.18 Å². The van der Waals surface area contributed by atoms with Crippen LogP contribution in [0, 0.1) is 0 Å². The van der Waals surface area contributed by atoms with Crippen LogP contribution in [-0.4, -0.2) is 6.29 Å². The van der Waals surface area contributed by atoms with Gasteiger partial charge in [-0.3, -0.25) is 4.79 Å². The van der Waals surface area contributed by atoms with Crippen LogP contribution >= 0.6 is 11.6 Å². The highest BCUT2D eigenvalue weighted by atomic mass is 35.5. The molecular weight excluding hydrogens is 324 g/mol. The third kappa shape index (κ3) is 3.57. The third-order valence-electron chi connectivity index (χ3n) is 2.86. The Bertz CT molecular complexity index is 698. The molecule has 22 heavy (non-hydrogen) atoms. The molecule has 0 radical (unpaired) electrons. The van der Waals surface area contributed by atoms with Crippen molar-refractivity contribution in [2.45, 2.75) is 12.9 Å². The number of hydrogen-bond donors (Lipinski definition) is 0. The highest BCUT2D eigenvalue weighted by Crippen LogP contribution is 2.37. The zero-order valence-corrected chi connectivity index (χ0v) is 11.7. The van der Waals surface area contributed by atoms with E-state index in [9.17, 15) is 22.4 Å². The molecule has 0 saturated heterocycles. The smallest absolute Gasteiger partial charge is 0.417 e. The summed E-state index contributed by atoms with van der Waals surface area (Å²) in [6, 6.07) is 7.04. The summed E-state index contributed by atoms with van der Waals surface area (Å²) in [6.07, 6.45) is -4.12. The number of rotatable bonds is 4. The van der Waals surface area contributed by atoms with Gasteiger partial charge in [0, 0.05) is 5.56 Å². The van der Waals surface area contributed by atoms with Crippen LogP contribution in [0.2, 0.25) is 5.02 Å². The predicted molar refractivity (Wildman–Crippen MR) is 73.2 cm³/mol. The first kappa shape index (κ1) is 16.3. The quantitative estimate of drug-likeness (QED) is 0.551. The van der Waals surface area contributed by atoms with Crippen molar-refractivity contribution in [3.8, 4) is 11.5 Å². The molecule has 0 fully saturated rings. The van der Waals surface area contributed by atoms with Crippen LogP contribution in [0.15, 0.2) is 36.4 Å². The number of aldehydes is 1. The summed E-state index contributed by atoms with van der Waals surface area (Å²) in [5.74, 6) is 0.0223. The lowest BCUT2D eigenvalue weighted by atomic mass is 10.1. The van der Waals surface area contributed by atoms with E-state index in [0.717, 1.165) is 12.1 Å².